The number of nitrogen functional groups attached to an aromatic ring is 1. The van der Waals surface area contributed by atoms with Crippen LogP contribution < -0.4 is 5.73 Å². The Labute approximate surface area is 90.3 Å². The lowest BCUT2D eigenvalue weighted by molar-refractivity contribution is 0.511. The second-order valence-electron chi connectivity index (χ2n) is 3.34. The van der Waals surface area contributed by atoms with E-state index in [0.717, 1.165) is 12.1 Å². The molecule has 0 unspecified atom stereocenters. The zero-order valence-electron chi connectivity index (χ0n) is 8.18. The molecule has 0 bridgehead atoms. The highest BCUT2D eigenvalue weighted by Crippen LogP contribution is 2.26. The first-order valence-corrected chi connectivity index (χ1v) is 4.59. The lowest BCUT2D eigenvalue weighted by Gasteiger charge is -2.05. The molecule has 16 heavy (non-hydrogen) atoms. The minimum atomic E-state index is -0.964. The third kappa shape index (κ3) is 1.74. The molecule has 82 valence electrons. The molecular weight excluding hydrogens is 215 g/mol. The van der Waals surface area contributed by atoms with Crippen molar-refractivity contribution in [1.29, 1.82) is 0 Å². The van der Waals surface area contributed by atoms with Crippen LogP contribution in [-0.4, -0.2) is 0 Å². The summed E-state index contributed by atoms with van der Waals surface area (Å²) in [6.45, 7) is 0. The second-order valence-corrected chi connectivity index (χ2v) is 3.34. The molecule has 2 aromatic carbocycles. The van der Waals surface area contributed by atoms with Crippen molar-refractivity contribution >= 4 is 5.69 Å². The zero-order chi connectivity index (χ0) is 11.7. The highest BCUT2D eigenvalue weighted by atomic mass is 19.2. The van der Waals surface area contributed by atoms with Gasteiger partial charge in [0, 0.05) is 5.56 Å². The normalized spacial score (nSPS) is 10.4. The van der Waals surface area contributed by atoms with Crippen LogP contribution in [0.5, 0.6) is 0 Å². The van der Waals surface area contributed by atoms with Gasteiger partial charge in [-0.2, -0.15) is 0 Å². The molecule has 2 rings (SSSR count). The number of rotatable bonds is 1. The molecule has 0 radical (unpaired) electrons. The molecule has 0 aliphatic rings. The van der Waals surface area contributed by atoms with E-state index in [2.05, 4.69) is 0 Å². The summed E-state index contributed by atoms with van der Waals surface area (Å²) in [5, 5.41) is 0. The largest absolute Gasteiger partial charge is 0.396 e. The van der Waals surface area contributed by atoms with E-state index in [1.165, 1.54) is 24.3 Å². The Hall–Kier alpha value is -1.97. The maximum absolute atomic E-state index is 13.4. The van der Waals surface area contributed by atoms with E-state index in [-0.39, 0.29) is 11.3 Å². The highest BCUT2D eigenvalue weighted by Gasteiger charge is 2.10. The molecule has 0 aliphatic heterocycles. The van der Waals surface area contributed by atoms with Gasteiger partial charge in [-0.15, -0.1) is 0 Å². The van der Waals surface area contributed by atoms with Crippen LogP contribution in [0.4, 0.5) is 18.9 Å². The molecular formula is C12H8F3N. The van der Waals surface area contributed by atoms with E-state index in [0.29, 0.717) is 5.56 Å². The monoisotopic (exact) mass is 223 g/mol. The third-order valence-electron chi connectivity index (χ3n) is 2.26. The molecule has 0 spiro atoms. The van der Waals surface area contributed by atoms with Crippen LogP contribution in [0.3, 0.4) is 0 Å². The van der Waals surface area contributed by atoms with Crippen LogP contribution in [0.1, 0.15) is 0 Å². The third-order valence-corrected chi connectivity index (χ3v) is 2.26. The van der Waals surface area contributed by atoms with Crippen molar-refractivity contribution < 1.29 is 13.2 Å². The number of benzene rings is 2. The number of nitrogens with two attached hydrogens (primary N) is 1. The Bertz CT molecular complexity index is 538. The Balaban J connectivity index is 2.59. The first kappa shape index (κ1) is 10.5. The first-order valence-electron chi connectivity index (χ1n) is 4.59. The van der Waals surface area contributed by atoms with Gasteiger partial charge in [-0.05, 0) is 23.8 Å². The van der Waals surface area contributed by atoms with Gasteiger partial charge >= 0.3 is 0 Å². The average Bonchev–Trinajstić information content (AvgIpc) is 2.26. The average molecular weight is 223 g/mol. The molecule has 1 nitrogen and oxygen atoms in total. The molecule has 4 heteroatoms. The fourth-order valence-electron chi connectivity index (χ4n) is 1.44. The molecule has 2 aromatic rings. The van der Waals surface area contributed by atoms with E-state index < -0.39 is 17.5 Å². The van der Waals surface area contributed by atoms with Crippen LogP contribution >= 0.6 is 0 Å². The Morgan fingerprint density at radius 1 is 0.875 bits per heavy atom. The Kier molecular flexibility index (Phi) is 2.56. The van der Waals surface area contributed by atoms with Crippen molar-refractivity contribution in [2.45, 2.75) is 0 Å². The standard InChI is InChI=1S/C12H8F3N/c13-9-5-4-7(6-11(9)16)8-2-1-3-10(14)12(8)15/h1-6H,16H2. The van der Waals surface area contributed by atoms with E-state index in [1.807, 2.05) is 0 Å². The number of halogens is 3. The van der Waals surface area contributed by atoms with E-state index in [4.69, 9.17) is 5.73 Å². The van der Waals surface area contributed by atoms with Crippen molar-refractivity contribution in [2.24, 2.45) is 0 Å². The van der Waals surface area contributed by atoms with Gasteiger partial charge in [-0.3, -0.25) is 0 Å². The Morgan fingerprint density at radius 2 is 1.62 bits per heavy atom. The SMILES string of the molecule is Nc1cc(-c2cccc(F)c2F)ccc1F. The molecule has 0 heterocycles. The topological polar surface area (TPSA) is 26.0 Å². The lowest BCUT2D eigenvalue weighted by atomic mass is 10.0. The summed E-state index contributed by atoms with van der Waals surface area (Å²) < 4.78 is 39.3. The van der Waals surface area contributed by atoms with Gasteiger partial charge < -0.3 is 5.73 Å². The fourth-order valence-corrected chi connectivity index (χ4v) is 1.44. The van der Waals surface area contributed by atoms with E-state index >= 15 is 0 Å². The maximum atomic E-state index is 13.4. The summed E-state index contributed by atoms with van der Waals surface area (Å²) >= 11 is 0. The number of hydrogen-bond acceptors (Lipinski definition) is 1. The minimum absolute atomic E-state index is 0.0618. The van der Waals surface area contributed by atoms with Crippen molar-refractivity contribution in [3.05, 3.63) is 53.8 Å². The van der Waals surface area contributed by atoms with Crippen LogP contribution in [0.15, 0.2) is 36.4 Å². The second kappa shape index (κ2) is 3.89. The molecule has 0 aliphatic carbocycles. The molecule has 0 saturated heterocycles. The van der Waals surface area contributed by atoms with Crippen molar-refractivity contribution in [2.75, 3.05) is 5.73 Å². The Morgan fingerprint density at radius 3 is 2.31 bits per heavy atom. The molecule has 0 fully saturated rings. The molecule has 0 saturated carbocycles. The van der Waals surface area contributed by atoms with Gasteiger partial charge in [0.15, 0.2) is 11.6 Å². The molecule has 0 amide bonds. The summed E-state index contributed by atoms with van der Waals surface area (Å²) in [5.41, 5.74) is 5.66. The zero-order valence-corrected chi connectivity index (χ0v) is 8.18. The van der Waals surface area contributed by atoms with Gasteiger partial charge in [-0.1, -0.05) is 18.2 Å². The highest BCUT2D eigenvalue weighted by molar-refractivity contribution is 5.68. The fraction of sp³-hybridized carbons (Fsp3) is 0. The number of hydrogen-bond donors (Lipinski definition) is 1. The first-order chi connectivity index (χ1) is 7.59. The van der Waals surface area contributed by atoms with Gasteiger partial charge in [0.25, 0.3) is 0 Å². The predicted octanol–water partition coefficient (Wildman–Crippen LogP) is 3.35. The molecule has 0 atom stereocenters. The van der Waals surface area contributed by atoms with Gasteiger partial charge in [0.2, 0.25) is 0 Å². The van der Waals surface area contributed by atoms with E-state index in [9.17, 15) is 13.2 Å². The summed E-state index contributed by atoms with van der Waals surface area (Å²) in [5.74, 6) is -2.49. The lowest BCUT2D eigenvalue weighted by Crippen LogP contribution is -1.93. The number of anilines is 1. The minimum Gasteiger partial charge on any atom is -0.396 e. The van der Waals surface area contributed by atoms with Crippen LogP contribution in [0.25, 0.3) is 11.1 Å². The van der Waals surface area contributed by atoms with E-state index in [1.54, 1.807) is 0 Å². The molecule has 2 N–H and O–H groups in total. The van der Waals surface area contributed by atoms with Gasteiger partial charge in [0.1, 0.15) is 5.82 Å². The summed E-state index contributed by atoms with van der Waals surface area (Å²) in [7, 11) is 0. The van der Waals surface area contributed by atoms with Crippen molar-refractivity contribution in [1.82, 2.24) is 0 Å². The summed E-state index contributed by atoms with van der Waals surface area (Å²) in [4.78, 5) is 0. The quantitative estimate of drug-likeness (QED) is 0.737. The summed E-state index contributed by atoms with van der Waals surface area (Å²) in [6, 6.07) is 7.55. The summed E-state index contributed by atoms with van der Waals surface area (Å²) in [6.07, 6.45) is 0. The van der Waals surface area contributed by atoms with Crippen LogP contribution in [0, 0.1) is 17.5 Å². The smallest absolute Gasteiger partial charge is 0.166 e. The van der Waals surface area contributed by atoms with Crippen molar-refractivity contribution in [3.63, 3.8) is 0 Å². The van der Waals surface area contributed by atoms with Crippen molar-refractivity contribution in [3.8, 4) is 11.1 Å². The van der Waals surface area contributed by atoms with Gasteiger partial charge in [-0.25, -0.2) is 13.2 Å². The van der Waals surface area contributed by atoms with Gasteiger partial charge in [0.05, 0.1) is 5.69 Å². The maximum Gasteiger partial charge on any atom is 0.166 e. The molecule has 0 aromatic heterocycles. The van der Waals surface area contributed by atoms with Crippen LogP contribution in [0.2, 0.25) is 0 Å². The predicted molar refractivity (Wildman–Crippen MR) is 56.2 cm³/mol. The van der Waals surface area contributed by atoms with Crippen LogP contribution in [-0.2, 0) is 0 Å².